The molecule has 5 nitrogen and oxygen atoms in total. The first kappa shape index (κ1) is 11.2. The Morgan fingerprint density at radius 2 is 2.24 bits per heavy atom. The molecule has 0 spiro atoms. The largest absolute Gasteiger partial charge is 0.496 e. The number of hydrogen-bond donors (Lipinski definition) is 1. The number of ether oxygens (including phenoxy) is 1. The Labute approximate surface area is 98.3 Å². The molecular weight excluding hydrogens is 220 g/mol. The molecule has 1 N–H and O–H groups in total. The van der Waals surface area contributed by atoms with Crippen LogP contribution in [-0.4, -0.2) is 27.7 Å². The lowest BCUT2D eigenvalue weighted by molar-refractivity contribution is 0.0693. The monoisotopic (exact) mass is 232 g/mol. The first-order valence-electron chi connectivity index (χ1n) is 5.04. The van der Waals surface area contributed by atoms with E-state index in [4.69, 9.17) is 9.84 Å². The number of carboxylic acid groups (broad SMARTS) is 1. The molecule has 0 atom stereocenters. The smallest absolute Gasteiger partial charge is 0.339 e. The summed E-state index contributed by atoms with van der Waals surface area (Å²) in [5.74, 6) is -0.670. The van der Waals surface area contributed by atoms with Crippen LogP contribution in [0.4, 0.5) is 0 Å². The number of aryl methyl sites for hydroxylation is 1. The standard InChI is InChI=1S/C12H12N2O3/c1-8-6-14(7-13-8)9-3-4-10(12(15)16)11(5-9)17-2/h3-7H,1-2H3,(H,15,16). The number of nitrogens with zero attached hydrogens (tertiary/aromatic N) is 2. The van der Waals surface area contributed by atoms with Crippen LogP contribution in [0, 0.1) is 6.92 Å². The molecule has 1 heterocycles. The lowest BCUT2D eigenvalue weighted by Crippen LogP contribution is -2.01. The van der Waals surface area contributed by atoms with Crippen molar-refractivity contribution in [3.63, 3.8) is 0 Å². The molecule has 0 bridgehead atoms. The zero-order valence-electron chi connectivity index (χ0n) is 9.54. The minimum absolute atomic E-state index is 0.146. The fourth-order valence-corrected chi connectivity index (χ4v) is 1.58. The van der Waals surface area contributed by atoms with Gasteiger partial charge in [0, 0.05) is 12.3 Å². The van der Waals surface area contributed by atoms with E-state index in [1.807, 2.05) is 17.7 Å². The molecule has 0 aliphatic heterocycles. The molecule has 0 saturated heterocycles. The van der Waals surface area contributed by atoms with E-state index < -0.39 is 5.97 Å². The number of carbonyl (C=O) groups is 1. The van der Waals surface area contributed by atoms with Gasteiger partial charge in [-0.15, -0.1) is 0 Å². The highest BCUT2D eigenvalue weighted by Gasteiger charge is 2.11. The molecule has 2 aromatic rings. The normalized spacial score (nSPS) is 10.2. The SMILES string of the molecule is COc1cc(-n2cnc(C)c2)ccc1C(=O)O. The predicted molar refractivity (Wildman–Crippen MR) is 61.8 cm³/mol. The predicted octanol–water partition coefficient (Wildman–Crippen LogP) is 1.89. The van der Waals surface area contributed by atoms with E-state index in [2.05, 4.69) is 4.98 Å². The first-order chi connectivity index (χ1) is 8.11. The average Bonchev–Trinajstić information content (AvgIpc) is 2.75. The Bertz CT molecular complexity index is 561. The molecule has 0 saturated carbocycles. The van der Waals surface area contributed by atoms with Crippen molar-refractivity contribution >= 4 is 5.97 Å². The molecule has 0 radical (unpaired) electrons. The molecule has 88 valence electrons. The number of aromatic nitrogens is 2. The molecule has 2 rings (SSSR count). The van der Waals surface area contributed by atoms with E-state index >= 15 is 0 Å². The maximum Gasteiger partial charge on any atom is 0.339 e. The molecular formula is C12H12N2O3. The summed E-state index contributed by atoms with van der Waals surface area (Å²) in [6.45, 7) is 1.89. The molecule has 5 heteroatoms. The van der Waals surface area contributed by atoms with Crippen LogP contribution in [0.25, 0.3) is 5.69 Å². The third-order valence-electron chi connectivity index (χ3n) is 2.43. The minimum atomic E-state index is -1.00. The van der Waals surface area contributed by atoms with E-state index in [-0.39, 0.29) is 5.56 Å². The lowest BCUT2D eigenvalue weighted by atomic mass is 10.2. The highest BCUT2D eigenvalue weighted by Crippen LogP contribution is 2.22. The van der Waals surface area contributed by atoms with Gasteiger partial charge in [0.05, 0.1) is 24.8 Å². The van der Waals surface area contributed by atoms with Crippen molar-refractivity contribution in [1.82, 2.24) is 9.55 Å². The fourth-order valence-electron chi connectivity index (χ4n) is 1.58. The van der Waals surface area contributed by atoms with Crippen LogP contribution in [-0.2, 0) is 0 Å². The van der Waals surface area contributed by atoms with Crippen LogP contribution in [0.2, 0.25) is 0 Å². The minimum Gasteiger partial charge on any atom is -0.496 e. The summed E-state index contributed by atoms with van der Waals surface area (Å²) in [6.07, 6.45) is 3.53. The van der Waals surface area contributed by atoms with Gasteiger partial charge in [-0.05, 0) is 19.1 Å². The zero-order valence-corrected chi connectivity index (χ0v) is 9.54. The van der Waals surface area contributed by atoms with E-state index in [1.54, 1.807) is 18.5 Å². The number of rotatable bonds is 3. The number of methoxy groups -OCH3 is 1. The van der Waals surface area contributed by atoms with Crippen molar-refractivity contribution in [2.24, 2.45) is 0 Å². The first-order valence-corrected chi connectivity index (χ1v) is 5.04. The van der Waals surface area contributed by atoms with Crippen LogP contribution < -0.4 is 4.74 Å². The number of aromatic carboxylic acids is 1. The Kier molecular flexibility index (Phi) is 2.82. The molecule has 0 aliphatic rings. The molecule has 0 amide bonds. The topological polar surface area (TPSA) is 64.4 Å². The number of hydrogen-bond acceptors (Lipinski definition) is 3. The lowest BCUT2D eigenvalue weighted by Gasteiger charge is -2.08. The van der Waals surface area contributed by atoms with Gasteiger partial charge in [-0.25, -0.2) is 9.78 Å². The second-order valence-corrected chi connectivity index (χ2v) is 3.61. The Hall–Kier alpha value is -2.30. The third kappa shape index (κ3) is 2.13. The van der Waals surface area contributed by atoms with Gasteiger partial charge < -0.3 is 14.4 Å². The number of imidazole rings is 1. The second-order valence-electron chi connectivity index (χ2n) is 3.61. The Balaban J connectivity index is 2.48. The molecule has 0 aliphatic carbocycles. The summed E-state index contributed by atoms with van der Waals surface area (Å²) in [6, 6.07) is 4.91. The van der Waals surface area contributed by atoms with Crippen molar-refractivity contribution in [3.05, 3.63) is 42.0 Å². The van der Waals surface area contributed by atoms with Gasteiger partial charge in [-0.1, -0.05) is 0 Å². The van der Waals surface area contributed by atoms with Crippen LogP contribution in [0.1, 0.15) is 16.1 Å². The van der Waals surface area contributed by atoms with Crippen molar-refractivity contribution in [2.75, 3.05) is 7.11 Å². The average molecular weight is 232 g/mol. The van der Waals surface area contributed by atoms with Gasteiger partial charge in [0.1, 0.15) is 11.3 Å². The third-order valence-corrected chi connectivity index (χ3v) is 2.43. The maximum absolute atomic E-state index is 10.9. The quantitative estimate of drug-likeness (QED) is 0.877. The van der Waals surface area contributed by atoms with Crippen LogP contribution in [0.5, 0.6) is 5.75 Å². The van der Waals surface area contributed by atoms with Gasteiger partial charge in [-0.3, -0.25) is 0 Å². The molecule has 17 heavy (non-hydrogen) atoms. The van der Waals surface area contributed by atoms with Crippen molar-refractivity contribution in [2.45, 2.75) is 6.92 Å². The molecule has 0 fully saturated rings. The molecule has 1 aromatic carbocycles. The summed E-state index contributed by atoms with van der Waals surface area (Å²) in [5.41, 5.74) is 1.85. The second kappa shape index (κ2) is 4.29. The van der Waals surface area contributed by atoms with Crippen LogP contribution in [0.3, 0.4) is 0 Å². The molecule has 1 aromatic heterocycles. The van der Waals surface area contributed by atoms with Gasteiger partial charge in [-0.2, -0.15) is 0 Å². The van der Waals surface area contributed by atoms with Crippen molar-refractivity contribution < 1.29 is 14.6 Å². The van der Waals surface area contributed by atoms with Crippen molar-refractivity contribution in [3.8, 4) is 11.4 Å². The van der Waals surface area contributed by atoms with Crippen molar-refractivity contribution in [1.29, 1.82) is 0 Å². The highest BCUT2D eigenvalue weighted by molar-refractivity contribution is 5.91. The zero-order chi connectivity index (χ0) is 12.4. The summed E-state index contributed by atoms with van der Waals surface area (Å²) in [4.78, 5) is 15.0. The van der Waals surface area contributed by atoms with E-state index in [0.29, 0.717) is 5.75 Å². The van der Waals surface area contributed by atoms with E-state index in [9.17, 15) is 4.79 Å². The van der Waals surface area contributed by atoms with Gasteiger partial charge >= 0.3 is 5.97 Å². The van der Waals surface area contributed by atoms with Gasteiger partial charge in [0.2, 0.25) is 0 Å². The van der Waals surface area contributed by atoms with Gasteiger partial charge in [0.15, 0.2) is 0 Å². The maximum atomic E-state index is 10.9. The summed E-state index contributed by atoms with van der Waals surface area (Å²) >= 11 is 0. The number of benzene rings is 1. The van der Waals surface area contributed by atoms with Crippen LogP contribution >= 0.6 is 0 Å². The Morgan fingerprint density at radius 1 is 1.47 bits per heavy atom. The van der Waals surface area contributed by atoms with Gasteiger partial charge in [0.25, 0.3) is 0 Å². The Morgan fingerprint density at radius 3 is 2.76 bits per heavy atom. The van der Waals surface area contributed by atoms with E-state index in [0.717, 1.165) is 11.4 Å². The fraction of sp³-hybridized carbons (Fsp3) is 0.167. The highest BCUT2D eigenvalue weighted by atomic mass is 16.5. The summed E-state index contributed by atoms with van der Waals surface area (Å²) in [5, 5.41) is 8.96. The molecule has 0 unspecified atom stereocenters. The summed E-state index contributed by atoms with van der Waals surface area (Å²) < 4.78 is 6.87. The van der Waals surface area contributed by atoms with Crippen LogP contribution in [0.15, 0.2) is 30.7 Å². The summed E-state index contributed by atoms with van der Waals surface area (Å²) in [7, 11) is 1.45. The number of carboxylic acids is 1. The van der Waals surface area contributed by atoms with E-state index in [1.165, 1.54) is 13.2 Å².